The van der Waals surface area contributed by atoms with Gasteiger partial charge in [-0.05, 0) is 36.5 Å². The number of rotatable bonds is 4. The van der Waals surface area contributed by atoms with Gasteiger partial charge < -0.3 is 4.74 Å². The second-order valence-corrected chi connectivity index (χ2v) is 5.77. The molecule has 5 heteroatoms. The summed E-state index contributed by atoms with van der Waals surface area (Å²) in [6.07, 6.45) is 3.79. The van der Waals surface area contributed by atoms with Gasteiger partial charge in [-0.15, -0.1) is 0 Å². The number of halogens is 2. The number of hydrogen-bond donors (Lipinski definition) is 2. The van der Waals surface area contributed by atoms with Crippen LogP contribution in [0.3, 0.4) is 0 Å². The molecule has 0 bridgehead atoms. The van der Waals surface area contributed by atoms with Crippen molar-refractivity contribution in [3.8, 4) is 0 Å². The zero-order chi connectivity index (χ0) is 14.8. The van der Waals surface area contributed by atoms with Crippen LogP contribution in [0.25, 0.3) is 0 Å². The van der Waals surface area contributed by atoms with E-state index in [1.165, 1.54) is 12.1 Å². The minimum atomic E-state index is -0.602. The highest BCUT2D eigenvalue weighted by molar-refractivity contribution is 5.25. The molecule has 3 unspecified atom stereocenters. The van der Waals surface area contributed by atoms with Crippen molar-refractivity contribution >= 4 is 0 Å². The van der Waals surface area contributed by atoms with E-state index in [0.717, 1.165) is 31.7 Å². The van der Waals surface area contributed by atoms with Crippen molar-refractivity contribution in [1.29, 1.82) is 0 Å². The summed E-state index contributed by atoms with van der Waals surface area (Å²) in [5.74, 6) is 4.96. The van der Waals surface area contributed by atoms with Crippen molar-refractivity contribution in [1.82, 2.24) is 5.43 Å². The van der Waals surface area contributed by atoms with Crippen LogP contribution in [0, 0.1) is 17.6 Å². The second kappa shape index (κ2) is 6.16. The van der Waals surface area contributed by atoms with Gasteiger partial charge in [0, 0.05) is 13.2 Å². The summed E-state index contributed by atoms with van der Waals surface area (Å²) in [6, 6.07) is 3.06. The molecule has 1 fully saturated rings. The lowest BCUT2D eigenvalue weighted by molar-refractivity contribution is -0.0807. The predicted octanol–water partition coefficient (Wildman–Crippen LogP) is 3.06. The van der Waals surface area contributed by atoms with E-state index in [-0.39, 0.29) is 0 Å². The average Bonchev–Trinajstić information content (AvgIpc) is 2.38. The number of nitrogens with two attached hydrogens (primary N) is 1. The maximum Gasteiger partial charge on any atom is 0.126 e. The molecule has 1 aliphatic carbocycles. The number of methoxy groups -OCH3 is 1. The highest BCUT2D eigenvalue weighted by Gasteiger charge is 2.42. The Hall–Kier alpha value is -1.04. The number of nitrogens with one attached hydrogen (secondary N) is 1. The zero-order valence-corrected chi connectivity index (χ0v) is 12.0. The fraction of sp³-hybridized carbons (Fsp3) is 0.600. The van der Waals surface area contributed by atoms with Gasteiger partial charge in [-0.1, -0.05) is 19.8 Å². The molecule has 0 heterocycles. The van der Waals surface area contributed by atoms with Gasteiger partial charge >= 0.3 is 0 Å². The quantitative estimate of drug-likeness (QED) is 0.660. The number of benzene rings is 1. The minimum absolute atomic E-state index is 0.430. The molecule has 112 valence electrons. The summed E-state index contributed by atoms with van der Waals surface area (Å²) in [5, 5.41) is 0. The largest absolute Gasteiger partial charge is 0.376 e. The summed E-state index contributed by atoms with van der Waals surface area (Å²) in [7, 11) is 1.64. The maximum atomic E-state index is 13.4. The predicted molar refractivity (Wildman–Crippen MR) is 73.8 cm³/mol. The summed E-state index contributed by atoms with van der Waals surface area (Å²) in [6.45, 7) is 2.16. The van der Waals surface area contributed by atoms with E-state index in [9.17, 15) is 8.78 Å². The molecule has 0 amide bonds. The van der Waals surface area contributed by atoms with Crippen molar-refractivity contribution in [3.63, 3.8) is 0 Å². The third-order valence-corrected chi connectivity index (χ3v) is 4.31. The molecule has 1 aromatic carbocycles. The number of hydrazine groups is 1. The Morgan fingerprint density at radius 1 is 1.35 bits per heavy atom. The Bertz CT molecular complexity index is 449. The SMILES string of the molecule is COC1(C(NN)c2cc(F)cc(F)c2)CCCC(C)C1. The lowest BCUT2D eigenvalue weighted by Crippen LogP contribution is -2.50. The van der Waals surface area contributed by atoms with Crippen LogP contribution < -0.4 is 11.3 Å². The first-order chi connectivity index (χ1) is 9.50. The van der Waals surface area contributed by atoms with Gasteiger partial charge in [-0.2, -0.15) is 0 Å². The molecule has 3 atom stereocenters. The summed E-state index contributed by atoms with van der Waals surface area (Å²) in [5.41, 5.74) is 2.66. The number of ether oxygens (including phenoxy) is 1. The molecule has 20 heavy (non-hydrogen) atoms. The maximum absolute atomic E-state index is 13.4. The van der Waals surface area contributed by atoms with Crippen LogP contribution in [0.5, 0.6) is 0 Å². The molecule has 2 rings (SSSR count). The van der Waals surface area contributed by atoms with E-state index in [0.29, 0.717) is 11.5 Å². The van der Waals surface area contributed by atoms with Crippen LogP contribution in [0.15, 0.2) is 18.2 Å². The monoisotopic (exact) mass is 284 g/mol. The van der Waals surface area contributed by atoms with Gasteiger partial charge in [-0.25, -0.2) is 8.78 Å². The van der Waals surface area contributed by atoms with Crippen LogP contribution >= 0.6 is 0 Å². The normalized spacial score (nSPS) is 28.4. The van der Waals surface area contributed by atoms with Gasteiger partial charge in [0.25, 0.3) is 0 Å². The van der Waals surface area contributed by atoms with E-state index < -0.39 is 23.3 Å². The molecule has 1 aromatic rings. The Morgan fingerprint density at radius 3 is 2.50 bits per heavy atom. The molecule has 3 N–H and O–H groups in total. The molecule has 0 aromatic heterocycles. The van der Waals surface area contributed by atoms with Gasteiger partial charge in [0.15, 0.2) is 0 Å². The van der Waals surface area contributed by atoms with E-state index >= 15 is 0 Å². The summed E-state index contributed by atoms with van der Waals surface area (Å²) < 4.78 is 32.6. The second-order valence-electron chi connectivity index (χ2n) is 5.77. The van der Waals surface area contributed by atoms with Crippen LogP contribution in [0.1, 0.15) is 44.2 Å². The zero-order valence-electron chi connectivity index (χ0n) is 12.0. The van der Waals surface area contributed by atoms with E-state index in [4.69, 9.17) is 10.6 Å². The van der Waals surface area contributed by atoms with Crippen molar-refractivity contribution in [2.75, 3.05) is 7.11 Å². The van der Waals surface area contributed by atoms with Gasteiger partial charge in [0.2, 0.25) is 0 Å². The summed E-state index contributed by atoms with van der Waals surface area (Å²) in [4.78, 5) is 0. The fourth-order valence-electron chi connectivity index (χ4n) is 3.40. The Kier molecular flexibility index (Phi) is 4.73. The van der Waals surface area contributed by atoms with Crippen molar-refractivity contribution in [2.45, 2.75) is 44.2 Å². The lowest BCUT2D eigenvalue weighted by atomic mass is 9.73. The highest BCUT2D eigenvalue weighted by atomic mass is 19.1. The van der Waals surface area contributed by atoms with Crippen molar-refractivity contribution in [3.05, 3.63) is 35.4 Å². The summed E-state index contributed by atoms with van der Waals surface area (Å²) >= 11 is 0. The lowest BCUT2D eigenvalue weighted by Gasteiger charge is -2.44. The Balaban J connectivity index is 2.38. The molecular weight excluding hydrogens is 262 g/mol. The Morgan fingerprint density at radius 2 is 2.00 bits per heavy atom. The van der Waals surface area contributed by atoms with Crippen LogP contribution in [-0.4, -0.2) is 12.7 Å². The third kappa shape index (κ3) is 3.00. The molecular formula is C15H22F2N2O. The first-order valence-electron chi connectivity index (χ1n) is 6.98. The molecule has 0 spiro atoms. The first-order valence-corrected chi connectivity index (χ1v) is 6.98. The first kappa shape index (κ1) is 15.4. The highest BCUT2D eigenvalue weighted by Crippen LogP contribution is 2.43. The smallest absolute Gasteiger partial charge is 0.126 e. The Labute approximate surface area is 118 Å². The third-order valence-electron chi connectivity index (χ3n) is 4.31. The van der Waals surface area contributed by atoms with E-state index in [1.807, 2.05) is 0 Å². The average molecular weight is 284 g/mol. The van der Waals surface area contributed by atoms with Crippen LogP contribution in [-0.2, 0) is 4.74 Å². The molecule has 1 aliphatic rings. The standard InChI is InChI=1S/C15H22F2N2O/c1-10-4-3-5-15(9-10,20-2)14(19-18)11-6-12(16)8-13(17)7-11/h6-8,10,14,19H,3-5,9,18H2,1-2H3. The van der Waals surface area contributed by atoms with Gasteiger partial charge in [0.1, 0.15) is 11.6 Å². The molecule has 0 aliphatic heterocycles. The molecule has 3 nitrogen and oxygen atoms in total. The van der Waals surface area contributed by atoms with E-state index in [1.54, 1.807) is 7.11 Å². The van der Waals surface area contributed by atoms with Crippen LogP contribution in [0.2, 0.25) is 0 Å². The minimum Gasteiger partial charge on any atom is -0.376 e. The molecule has 0 radical (unpaired) electrons. The fourth-order valence-corrected chi connectivity index (χ4v) is 3.40. The molecule has 0 saturated heterocycles. The van der Waals surface area contributed by atoms with Crippen molar-refractivity contribution < 1.29 is 13.5 Å². The topological polar surface area (TPSA) is 47.3 Å². The number of hydrogen-bond acceptors (Lipinski definition) is 3. The van der Waals surface area contributed by atoms with Crippen molar-refractivity contribution in [2.24, 2.45) is 11.8 Å². The van der Waals surface area contributed by atoms with Crippen LogP contribution in [0.4, 0.5) is 8.78 Å². The van der Waals surface area contributed by atoms with Gasteiger partial charge in [-0.3, -0.25) is 11.3 Å². The molecule has 1 saturated carbocycles. The van der Waals surface area contributed by atoms with Gasteiger partial charge in [0.05, 0.1) is 11.6 Å². The van der Waals surface area contributed by atoms with E-state index in [2.05, 4.69) is 12.3 Å².